The van der Waals surface area contributed by atoms with E-state index in [-0.39, 0.29) is 17.0 Å². The van der Waals surface area contributed by atoms with Crippen molar-refractivity contribution in [3.8, 4) is 0 Å². The van der Waals surface area contributed by atoms with Gasteiger partial charge in [0.1, 0.15) is 0 Å². The van der Waals surface area contributed by atoms with Gasteiger partial charge in [-0.3, -0.25) is 4.99 Å². The first kappa shape index (κ1) is 12.7. The average Bonchev–Trinajstić information content (AvgIpc) is 2.76. The Balaban J connectivity index is 0.00000108. The van der Waals surface area contributed by atoms with Crippen molar-refractivity contribution < 1.29 is 0 Å². The average molecular weight is 311 g/mol. The molecule has 0 aliphatic carbocycles. The number of hydrogen-bond acceptors (Lipinski definition) is 3. The summed E-state index contributed by atoms with van der Waals surface area (Å²) in [6, 6.07) is 6.63. The number of rotatable bonds is 1. The van der Waals surface area contributed by atoms with Crippen LogP contribution in [0.25, 0.3) is 4.91 Å². The highest BCUT2D eigenvalue weighted by Crippen LogP contribution is 2.38. The molecule has 0 spiro atoms. The Labute approximate surface area is 117 Å². The molecule has 0 N–H and O–H groups in total. The van der Waals surface area contributed by atoms with E-state index in [0.29, 0.717) is 0 Å². The second-order valence-corrected chi connectivity index (χ2v) is 5.28. The summed E-state index contributed by atoms with van der Waals surface area (Å²) >= 11 is 1.79. The standard InChI is InChI=1S/C13H14N2S.BrH/c1-9-3-4-11(10(2)7-9)12-8-15-6-5-14-13(15)16-12;/h3-4,7-8H,5-6H2,1-2H3;1H. The number of thioether (sulfide) groups is 1. The van der Waals surface area contributed by atoms with E-state index in [1.54, 1.807) is 11.8 Å². The number of hydrogen-bond donors (Lipinski definition) is 0. The molecule has 0 saturated carbocycles. The summed E-state index contributed by atoms with van der Waals surface area (Å²) in [5, 5.41) is 1.16. The fraction of sp³-hybridized carbons (Fsp3) is 0.308. The summed E-state index contributed by atoms with van der Waals surface area (Å²) in [6.45, 7) is 6.29. The molecule has 0 atom stereocenters. The molecule has 0 radical (unpaired) electrons. The largest absolute Gasteiger partial charge is 0.325 e. The first-order valence-electron chi connectivity index (χ1n) is 5.52. The van der Waals surface area contributed by atoms with E-state index < -0.39 is 0 Å². The van der Waals surface area contributed by atoms with Crippen LogP contribution in [0, 0.1) is 13.8 Å². The Kier molecular flexibility index (Phi) is 3.64. The number of aryl methyl sites for hydroxylation is 2. The predicted octanol–water partition coefficient (Wildman–Crippen LogP) is 3.60. The van der Waals surface area contributed by atoms with Gasteiger partial charge < -0.3 is 4.90 Å². The normalized spacial score (nSPS) is 17.4. The summed E-state index contributed by atoms with van der Waals surface area (Å²) in [4.78, 5) is 8.05. The monoisotopic (exact) mass is 310 g/mol. The lowest BCUT2D eigenvalue weighted by Crippen LogP contribution is -2.14. The number of fused-ring (bicyclic) bond motifs is 1. The first-order chi connectivity index (χ1) is 7.74. The van der Waals surface area contributed by atoms with E-state index in [9.17, 15) is 0 Å². The van der Waals surface area contributed by atoms with Crippen molar-refractivity contribution in [3.05, 3.63) is 41.1 Å². The minimum absolute atomic E-state index is 0. The predicted molar refractivity (Wildman–Crippen MR) is 80.8 cm³/mol. The lowest BCUT2D eigenvalue weighted by molar-refractivity contribution is 0.626. The molecule has 2 aliphatic heterocycles. The van der Waals surface area contributed by atoms with Gasteiger partial charge in [0.2, 0.25) is 0 Å². The van der Waals surface area contributed by atoms with Gasteiger partial charge in [-0.15, -0.1) is 17.0 Å². The summed E-state index contributed by atoms with van der Waals surface area (Å²) in [5.74, 6) is 0. The van der Waals surface area contributed by atoms with Gasteiger partial charge in [0, 0.05) is 17.6 Å². The Bertz CT molecular complexity index is 508. The molecule has 0 fully saturated rings. The van der Waals surface area contributed by atoms with Gasteiger partial charge in [0.25, 0.3) is 0 Å². The van der Waals surface area contributed by atoms with Crippen LogP contribution in [-0.2, 0) is 0 Å². The molecule has 0 saturated heterocycles. The Morgan fingerprint density at radius 1 is 1.29 bits per heavy atom. The zero-order chi connectivity index (χ0) is 11.1. The Morgan fingerprint density at radius 3 is 2.82 bits per heavy atom. The van der Waals surface area contributed by atoms with Crippen LogP contribution in [0.15, 0.2) is 29.4 Å². The van der Waals surface area contributed by atoms with E-state index in [1.165, 1.54) is 21.6 Å². The van der Waals surface area contributed by atoms with Crippen molar-refractivity contribution in [1.29, 1.82) is 0 Å². The van der Waals surface area contributed by atoms with Gasteiger partial charge in [-0.2, -0.15) is 0 Å². The van der Waals surface area contributed by atoms with Crippen molar-refractivity contribution in [2.75, 3.05) is 13.1 Å². The summed E-state index contributed by atoms with van der Waals surface area (Å²) in [5.41, 5.74) is 4.01. The van der Waals surface area contributed by atoms with Crippen LogP contribution in [-0.4, -0.2) is 23.2 Å². The third kappa shape index (κ3) is 2.29. The molecule has 17 heavy (non-hydrogen) atoms. The second kappa shape index (κ2) is 4.86. The highest BCUT2D eigenvalue weighted by Gasteiger charge is 2.25. The summed E-state index contributed by atoms with van der Waals surface area (Å²) < 4.78 is 0. The Morgan fingerprint density at radius 2 is 2.12 bits per heavy atom. The van der Waals surface area contributed by atoms with Crippen LogP contribution in [0.4, 0.5) is 0 Å². The SMILES string of the molecule is Br.Cc1ccc(C2=CN3CCN=C3S2)c(C)c1. The van der Waals surface area contributed by atoms with Crippen molar-refractivity contribution in [3.63, 3.8) is 0 Å². The number of halogens is 1. The van der Waals surface area contributed by atoms with Gasteiger partial charge in [-0.1, -0.05) is 23.8 Å². The molecule has 4 heteroatoms. The quantitative estimate of drug-likeness (QED) is 0.787. The van der Waals surface area contributed by atoms with Crippen LogP contribution in [0.5, 0.6) is 0 Å². The summed E-state index contributed by atoms with van der Waals surface area (Å²) in [6.07, 6.45) is 2.23. The highest BCUT2D eigenvalue weighted by molar-refractivity contribution is 8.93. The topological polar surface area (TPSA) is 15.6 Å². The van der Waals surface area contributed by atoms with Crippen LogP contribution in [0.1, 0.15) is 16.7 Å². The molecule has 2 nitrogen and oxygen atoms in total. The minimum atomic E-state index is 0. The number of benzene rings is 1. The maximum Gasteiger partial charge on any atom is 0.168 e. The lowest BCUT2D eigenvalue weighted by atomic mass is 10.1. The minimum Gasteiger partial charge on any atom is -0.325 e. The maximum absolute atomic E-state index is 4.47. The molecular weight excluding hydrogens is 296 g/mol. The molecule has 0 unspecified atom stereocenters. The molecule has 2 aliphatic rings. The molecule has 2 heterocycles. The van der Waals surface area contributed by atoms with Crippen molar-refractivity contribution in [2.45, 2.75) is 13.8 Å². The fourth-order valence-electron chi connectivity index (χ4n) is 2.13. The van der Waals surface area contributed by atoms with Gasteiger partial charge >= 0.3 is 0 Å². The van der Waals surface area contributed by atoms with Crippen LogP contribution in [0.2, 0.25) is 0 Å². The van der Waals surface area contributed by atoms with E-state index in [1.807, 2.05) is 0 Å². The fourth-order valence-corrected chi connectivity index (χ4v) is 3.26. The third-order valence-corrected chi connectivity index (χ3v) is 4.05. The van der Waals surface area contributed by atoms with Gasteiger partial charge in [-0.25, -0.2) is 0 Å². The van der Waals surface area contributed by atoms with Crippen molar-refractivity contribution in [2.24, 2.45) is 4.99 Å². The molecule has 90 valence electrons. The molecule has 3 rings (SSSR count). The smallest absolute Gasteiger partial charge is 0.168 e. The molecule has 1 aromatic rings. The number of aliphatic imine (C=N–C) groups is 1. The van der Waals surface area contributed by atoms with Crippen LogP contribution in [0.3, 0.4) is 0 Å². The van der Waals surface area contributed by atoms with Crippen molar-refractivity contribution >= 4 is 38.8 Å². The molecular formula is C13H15BrN2S. The maximum atomic E-state index is 4.47. The van der Waals surface area contributed by atoms with E-state index in [2.05, 4.69) is 48.1 Å². The van der Waals surface area contributed by atoms with Gasteiger partial charge in [0.05, 0.1) is 6.54 Å². The van der Waals surface area contributed by atoms with E-state index >= 15 is 0 Å². The number of nitrogens with zero attached hydrogens (tertiary/aromatic N) is 2. The molecule has 1 aromatic carbocycles. The zero-order valence-electron chi connectivity index (χ0n) is 9.93. The zero-order valence-corrected chi connectivity index (χ0v) is 12.5. The van der Waals surface area contributed by atoms with E-state index in [4.69, 9.17) is 0 Å². The van der Waals surface area contributed by atoms with Crippen LogP contribution < -0.4 is 0 Å². The highest BCUT2D eigenvalue weighted by atomic mass is 79.9. The first-order valence-corrected chi connectivity index (χ1v) is 6.34. The summed E-state index contributed by atoms with van der Waals surface area (Å²) in [7, 11) is 0. The molecule has 0 bridgehead atoms. The second-order valence-electron chi connectivity index (χ2n) is 4.27. The van der Waals surface area contributed by atoms with Gasteiger partial charge in [-0.05, 0) is 36.7 Å². The van der Waals surface area contributed by atoms with Crippen molar-refractivity contribution in [1.82, 2.24) is 4.90 Å². The third-order valence-electron chi connectivity index (χ3n) is 2.96. The lowest BCUT2D eigenvalue weighted by Gasteiger charge is -2.06. The van der Waals surface area contributed by atoms with E-state index in [0.717, 1.165) is 18.3 Å². The molecule has 0 amide bonds. The Hall–Kier alpha value is -0.740. The van der Waals surface area contributed by atoms with Gasteiger partial charge in [0.15, 0.2) is 5.17 Å². The number of amidine groups is 1. The molecule has 0 aromatic heterocycles. The van der Waals surface area contributed by atoms with Crippen LogP contribution >= 0.6 is 28.7 Å².